The number of alkyl halides is 1. The van der Waals surface area contributed by atoms with E-state index in [9.17, 15) is 0 Å². The predicted molar refractivity (Wildman–Crippen MR) is 103 cm³/mol. The highest BCUT2D eigenvalue weighted by atomic mass is 79.9. The third-order valence-corrected chi connectivity index (χ3v) is 5.82. The van der Waals surface area contributed by atoms with Gasteiger partial charge in [-0.3, -0.25) is 5.32 Å². The lowest BCUT2D eigenvalue weighted by molar-refractivity contribution is 0.397. The molecule has 0 bridgehead atoms. The van der Waals surface area contributed by atoms with Crippen molar-refractivity contribution in [3.8, 4) is 5.75 Å². The quantitative estimate of drug-likeness (QED) is 0.427. The number of hydrogen-bond acceptors (Lipinski definition) is 5. The summed E-state index contributed by atoms with van der Waals surface area (Å²) in [6.45, 7) is 3.79. The third-order valence-electron chi connectivity index (χ3n) is 3.73. The SMILES string of the molecule is C=CCS[C@]1(Br)N=C(c2ccc(OC)cc2)C[C@@H](c2ccco2)N1. The van der Waals surface area contributed by atoms with Gasteiger partial charge >= 0.3 is 0 Å². The maximum atomic E-state index is 5.60. The molecule has 1 aromatic heterocycles. The van der Waals surface area contributed by atoms with Gasteiger partial charge in [0.05, 0.1) is 19.4 Å². The van der Waals surface area contributed by atoms with Crippen LogP contribution in [0, 0.1) is 0 Å². The molecule has 0 unspecified atom stereocenters. The first kappa shape index (κ1) is 17.3. The molecular formula is C18H19BrN2O2S. The minimum atomic E-state index is -0.605. The van der Waals surface area contributed by atoms with Gasteiger partial charge < -0.3 is 9.15 Å². The number of furan rings is 1. The number of ether oxygens (including phenoxy) is 1. The second-order valence-electron chi connectivity index (χ2n) is 5.36. The lowest BCUT2D eigenvalue weighted by Crippen LogP contribution is -2.43. The molecule has 6 heteroatoms. The summed E-state index contributed by atoms with van der Waals surface area (Å²) < 4.78 is 10.2. The fourth-order valence-electron chi connectivity index (χ4n) is 2.58. The molecule has 2 atom stereocenters. The van der Waals surface area contributed by atoms with Crippen LogP contribution in [0.15, 0.2) is 64.7 Å². The van der Waals surface area contributed by atoms with Crippen LogP contribution in [0.5, 0.6) is 5.75 Å². The highest BCUT2D eigenvalue weighted by Crippen LogP contribution is 2.39. The Morgan fingerprint density at radius 3 is 2.88 bits per heavy atom. The first-order chi connectivity index (χ1) is 11.6. The molecule has 2 aromatic rings. The Kier molecular flexibility index (Phi) is 5.48. The molecule has 0 saturated carbocycles. The molecule has 0 spiro atoms. The summed E-state index contributed by atoms with van der Waals surface area (Å²) in [5.74, 6) is 2.52. The van der Waals surface area contributed by atoms with Crippen LogP contribution in [0.1, 0.15) is 23.8 Å². The summed E-state index contributed by atoms with van der Waals surface area (Å²) in [6.07, 6.45) is 4.32. The molecule has 1 N–H and O–H groups in total. The zero-order chi connectivity index (χ0) is 17.0. The fourth-order valence-corrected chi connectivity index (χ4v) is 4.21. The van der Waals surface area contributed by atoms with Crippen molar-refractivity contribution in [3.63, 3.8) is 0 Å². The Labute approximate surface area is 154 Å². The summed E-state index contributed by atoms with van der Waals surface area (Å²) in [6, 6.07) is 11.9. The van der Waals surface area contributed by atoms with Crippen molar-refractivity contribution in [2.45, 2.75) is 16.4 Å². The molecular weight excluding hydrogens is 388 g/mol. The Bertz CT molecular complexity index is 715. The molecule has 0 saturated heterocycles. The zero-order valence-corrected chi connectivity index (χ0v) is 15.8. The van der Waals surface area contributed by atoms with Crippen molar-refractivity contribution in [1.82, 2.24) is 5.32 Å². The molecule has 1 aliphatic heterocycles. The lowest BCUT2D eigenvalue weighted by Gasteiger charge is -2.34. The van der Waals surface area contributed by atoms with E-state index in [0.717, 1.165) is 35.0 Å². The van der Waals surface area contributed by atoms with Gasteiger partial charge in [-0.15, -0.1) is 18.3 Å². The van der Waals surface area contributed by atoms with Crippen molar-refractivity contribution in [3.05, 3.63) is 66.6 Å². The molecule has 1 aromatic carbocycles. The maximum Gasteiger partial charge on any atom is 0.215 e. The smallest absolute Gasteiger partial charge is 0.215 e. The number of benzene rings is 1. The molecule has 2 heterocycles. The van der Waals surface area contributed by atoms with E-state index in [4.69, 9.17) is 14.1 Å². The highest BCUT2D eigenvalue weighted by molar-refractivity contribution is 9.11. The van der Waals surface area contributed by atoms with Crippen molar-refractivity contribution in [2.75, 3.05) is 12.9 Å². The van der Waals surface area contributed by atoms with Gasteiger partial charge in [-0.25, -0.2) is 4.99 Å². The number of nitrogens with zero attached hydrogens (tertiary/aromatic N) is 1. The number of thioether (sulfide) groups is 1. The molecule has 24 heavy (non-hydrogen) atoms. The van der Waals surface area contributed by atoms with E-state index < -0.39 is 3.90 Å². The number of halogens is 1. The molecule has 1 aliphatic rings. The van der Waals surface area contributed by atoms with E-state index in [1.165, 1.54) is 0 Å². The fraction of sp³-hybridized carbons (Fsp3) is 0.278. The number of rotatable bonds is 6. The minimum absolute atomic E-state index is 0.0475. The summed E-state index contributed by atoms with van der Waals surface area (Å²) in [5.41, 5.74) is 2.10. The maximum absolute atomic E-state index is 5.60. The van der Waals surface area contributed by atoms with Crippen LogP contribution < -0.4 is 10.1 Å². The number of methoxy groups -OCH3 is 1. The second-order valence-corrected chi connectivity index (χ2v) is 8.25. The third kappa shape index (κ3) is 3.94. The van der Waals surface area contributed by atoms with E-state index in [2.05, 4.69) is 27.8 Å². The summed E-state index contributed by atoms with van der Waals surface area (Å²) in [7, 11) is 1.67. The molecule has 126 valence electrons. The van der Waals surface area contributed by atoms with E-state index in [-0.39, 0.29) is 6.04 Å². The van der Waals surface area contributed by atoms with Crippen LogP contribution in [-0.4, -0.2) is 22.5 Å². The molecule has 4 nitrogen and oxygen atoms in total. The van der Waals surface area contributed by atoms with E-state index in [0.29, 0.717) is 0 Å². The average Bonchev–Trinajstić information content (AvgIpc) is 3.14. The van der Waals surface area contributed by atoms with Crippen molar-refractivity contribution in [2.24, 2.45) is 4.99 Å². The van der Waals surface area contributed by atoms with Crippen LogP contribution >= 0.6 is 27.7 Å². The van der Waals surface area contributed by atoms with E-state index in [1.54, 1.807) is 25.1 Å². The van der Waals surface area contributed by atoms with Gasteiger partial charge in [-0.05, 0) is 57.9 Å². The summed E-state index contributed by atoms with van der Waals surface area (Å²) in [4.78, 5) is 4.89. The first-order valence-electron chi connectivity index (χ1n) is 7.61. The largest absolute Gasteiger partial charge is 0.497 e. The Hall–Kier alpha value is -1.50. The van der Waals surface area contributed by atoms with E-state index >= 15 is 0 Å². The average molecular weight is 407 g/mol. The summed E-state index contributed by atoms with van der Waals surface area (Å²) in [5, 5.41) is 3.52. The molecule has 0 amide bonds. The zero-order valence-electron chi connectivity index (χ0n) is 13.4. The van der Waals surface area contributed by atoms with Gasteiger partial charge in [0.15, 0.2) is 0 Å². The Morgan fingerprint density at radius 2 is 2.25 bits per heavy atom. The van der Waals surface area contributed by atoms with E-state index in [1.807, 2.05) is 42.5 Å². The standard InChI is InChI=1S/C18H19BrN2O2S/c1-3-11-24-18(19)20-15(13-6-8-14(22-2)9-7-13)12-16(21-18)17-5-4-10-23-17/h3-10,16,21H,1,11-12H2,2H3/t16-,18+/m0/s1. The van der Waals surface area contributed by atoms with Crippen LogP contribution in [0.2, 0.25) is 0 Å². The lowest BCUT2D eigenvalue weighted by atomic mass is 10.00. The topological polar surface area (TPSA) is 46.8 Å². The van der Waals surface area contributed by atoms with Crippen molar-refractivity contribution in [1.29, 1.82) is 0 Å². The number of nitrogens with one attached hydrogen (secondary N) is 1. The van der Waals surface area contributed by atoms with Gasteiger partial charge in [0.2, 0.25) is 3.90 Å². The van der Waals surface area contributed by atoms with Gasteiger partial charge in [0.1, 0.15) is 11.5 Å². The predicted octanol–water partition coefficient (Wildman–Crippen LogP) is 4.74. The molecule has 0 aliphatic carbocycles. The van der Waals surface area contributed by atoms with Crippen LogP contribution in [0.25, 0.3) is 0 Å². The second kappa shape index (κ2) is 7.59. The summed E-state index contributed by atoms with van der Waals surface area (Å²) >= 11 is 5.38. The van der Waals surface area contributed by atoms with Gasteiger partial charge in [0, 0.05) is 17.9 Å². The molecule has 0 fully saturated rings. The number of hydrogen-bond donors (Lipinski definition) is 1. The molecule has 0 radical (unpaired) electrons. The van der Waals surface area contributed by atoms with Gasteiger partial charge in [-0.1, -0.05) is 6.08 Å². The van der Waals surface area contributed by atoms with Crippen LogP contribution in [-0.2, 0) is 0 Å². The normalized spacial score (nSPS) is 23.6. The van der Waals surface area contributed by atoms with Crippen molar-refractivity contribution < 1.29 is 9.15 Å². The minimum Gasteiger partial charge on any atom is -0.497 e. The van der Waals surface area contributed by atoms with Crippen LogP contribution in [0.4, 0.5) is 0 Å². The Morgan fingerprint density at radius 1 is 1.46 bits per heavy atom. The highest BCUT2D eigenvalue weighted by Gasteiger charge is 2.36. The molecule has 3 rings (SSSR count). The monoisotopic (exact) mass is 406 g/mol. The first-order valence-corrected chi connectivity index (χ1v) is 9.39. The Balaban J connectivity index is 1.93. The van der Waals surface area contributed by atoms with Gasteiger partial charge in [0.25, 0.3) is 0 Å². The van der Waals surface area contributed by atoms with Crippen LogP contribution in [0.3, 0.4) is 0 Å². The van der Waals surface area contributed by atoms with Crippen molar-refractivity contribution >= 4 is 33.4 Å². The van der Waals surface area contributed by atoms with Gasteiger partial charge in [-0.2, -0.15) is 0 Å². The number of aliphatic imine (C=N–C) groups is 1.